The lowest BCUT2D eigenvalue weighted by Crippen LogP contribution is -2.38. The van der Waals surface area contributed by atoms with Crippen molar-refractivity contribution in [1.29, 1.82) is 0 Å². The fraction of sp³-hybridized carbons (Fsp3) is 0.786. The van der Waals surface area contributed by atoms with Crippen molar-refractivity contribution in [2.24, 2.45) is 17.8 Å². The first-order valence-corrected chi connectivity index (χ1v) is 6.38. The first-order chi connectivity index (χ1) is 7.79. The minimum absolute atomic E-state index is 0.0443. The molecule has 96 valence electrons. The summed E-state index contributed by atoms with van der Waals surface area (Å²) in [6.07, 6.45) is 3.01. The van der Waals surface area contributed by atoms with Crippen molar-refractivity contribution >= 4 is 5.97 Å². The second kappa shape index (κ2) is 4.13. The van der Waals surface area contributed by atoms with E-state index in [0.29, 0.717) is 23.3 Å². The highest BCUT2D eigenvalue weighted by molar-refractivity contribution is 5.87. The van der Waals surface area contributed by atoms with Gasteiger partial charge in [0.15, 0.2) is 0 Å². The lowest BCUT2D eigenvalue weighted by molar-refractivity contribution is -0.148. The van der Waals surface area contributed by atoms with Gasteiger partial charge in [-0.25, -0.2) is 4.79 Å². The topological polar surface area (TPSA) is 46.5 Å². The van der Waals surface area contributed by atoms with Crippen molar-refractivity contribution in [2.45, 2.75) is 51.7 Å². The van der Waals surface area contributed by atoms with Gasteiger partial charge in [0.05, 0.1) is 5.60 Å². The molecule has 1 N–H and O–H groups in total. The summed E-state index contributed by atoms with van der Waals surface area (Å²) in [6.45, 7) is 9.04. The second-order valence-corrected chi connectivity index (χ2v) is 6.21. The fourth-order valence-electron chi connectivity index (χ4n) is 3.47. The van der Waals surface area contributed by atoms with E-state index >= 15 is 0 Å². The van der Waals surface area contributed by atoms with Crippen molar-refractivity contribution in [1.82, 2.24) is 0 Å². The van der Waals surface area contributed by atoms with Crippen LogP contribution in [0, 0.1) is 17.8 Å². The molecule has 0 spiro atoms. The molecular formula is C14H22O3. The van der Waals surface area contributed by atoms with E-state index in [0.717, 1.165) is 19.3 Å². The predicted molar refractivity (Wildman–Crippen MR) is 65.3 cm³/mol. The average Bonchev–Trinajstić information content (AvgIpc) is 2.74. The Kier molecular flexibility index (Phi) is 3.06. The van der Waals surface area contributed by atoms with E-state index in [1.807, 2.05) is 13.8 Å². The zero-order valence-corrected chi connectivity index (χ0v) is 10.9. The van der Waals surface area contributed by atoms with Crippen LogP contribution in [-0.4, -0.2) is 22.8 Å². The molecule has 17 heavy (non-hydrogen) atoms. The maximum Gasteiger partial charge on any atom is 0.333 e. The molecule has 2 bridgehead atoms. The number of carbonyl (C=O) groups excluding carboxylic acids is 1. The molecular weight excluding hydrogens is 216 g/mol. The second-order valence-electron chi connectivity index (χ2n) is 6.21. The van der Waals surface area contributed by atoms with Crippen LogP contribution in [0.3, 0.4) is 0 Å². The van der Waals surface area contributed by atoms with Gasteiger partial charge >= 0.3 is 5.97 Å². The summed E-state index contributed by atoms with van der Waals surface area (Å²) >= 11 is 0. The number of carbonyl (C=O) groups is 1. The average molecular weight is 238 g/mol. The lowest BCUT2D eigenvalue weighted by atomic mass is 9.77. The van der Waals surface area contributed by atoms with Crippen LogP contribution in [0.4, 0.5) is 0 Å². The molecule has 2 aliphatic rings. The molecule has 0 aromatic rings. The van der Waals surface area contributed by atoms with Gasteiger partial charge in [-0.2, -0.15) is 0 Å². The Balaban J connectivity index is 1.95. The highest BCUT2D eigenvalue weighted by Crippen LogP contribution is 2.53. The lowest BCUT2D eigenvalue weighted by Gasteiger charge is -2.35. The van der Waals surface area contributed by atoms with Crippen LogP contribution in [0.2, 0.25) is 0 Å². The Morgan fingerprint density at radius 2 is 1.94 bits per heavy atom. The summed E-state index contributed by atoms with van der Waals surface area (Å²) in [7, 11) is 0. The van der Waals surface area contributed by atoms with Crippen LogP contribution in [0.1, 0.15) is 40.0 Å². The Morgan fingerprint density at radius 3 is 2.35 bits per heavy atom. The summed E-state index contributed by atoms with van der Waals surface area (Å²) < 4.78 is 5.45. The Hall–Kier alpha value is -0.830. The van der Waals surface area contributed by atoms with Crippen LogP contribution in [-0.2, 0) is 9.53 Å². The molecule has 0 radical (unpaired) electrons. The molecule has 2 rings (SSSR count). The number of ether oxygens (including phenoxy) is 1. The quantitative estimate of drug-likeness (QED) is 0.606. The van der Waals surface area contributed by atoms with Crippen molar-refractivity contribution in [3.8, 4) is 0 Å². The third-order valence-corrected chi connectivity index (χ3v) is 4.31. The smallest absolute Gasteiger partial charge is 0.333 e. The number of fused-ring (bicyclic) bond motifs is 2. The normalized spacial score (nSPS) is 36.0. The maximum absolute atomic E-state index is 11.5. The molecule has 3 heteroatoms. The SMILES string of the molecule is C=C(C)C(=O)OC1CC2CC1CC2C(C)(C)O. The van der Waals surface area contributed by atoms with Crippen LogP contribution in [0.15, 0.2) is 12.2 Å². The van der Waals surface area contributed by atoms with Crippen LogP contribution < -0.4 is 0 Å². The van der Waals surface area contributed by atoms with E-state index in [4.69, 9.17) is 4.74 Å². The highest BCUT2D eigenvalue weighted by atomic mass is 16.5. The summed E-state index contributed by atoms with van der Waals surface area (Å²) in [5.41, 5.74) is -0.144. The summed E-state index contributed by atoms with van der Waals surface area (Å²) in [6, 6.07) is 0. The number of aliphatic hydroxyl groups is 1. The van der Waals surface area contributed by atoms with Gasteiger partial charge in [0.25, 0.3) is 0 Å². The predicted octanol–water partition coefficient (Wildman–Crippen LogP) is 2.29. The number of hydrogen-bond donors (Lipinski definition) is 1. The molecule has 4 atom stereocenters. The van der Waals surface area contributed by atoms with Crippen molar-refractivity contribution < 1.29 is 14.6 Å². The van der Waals surface area contributed by atoms with Crippen LogP contribution >= 0.6 is 0 Å². The summed E-state index contributed by atoms with van der Waals surface area (Å²) in [5, 5.41) is 10.1. The third-order valence-electron chi connectivity index (χ3n) is 4.31. The Labute approximate surface area is 103 Å². The van der Waals surface area contributed by atoms with E-state index in [2.05, 4.69) is 6.58 Å². The Bertz CT molecular complexity index is 340. The first kappa shape index (κ1) is 12.6. The first-order valence-electron chi connectivity index (χ1n) is 6.38. The van der Waals surface area contributed by atoms with Gasteiger partial charge in [-0.05, 0) is 57.8 Å². The third kappa shape index (κ3) is 2.39. The zero-order chi connectivity index (χ0) is 12.8. The van der Waals surface area contributed by atoms with Gasteiger partial charge in [0, 0.05) is 5.57 Å². The number of hydrogen-bond acceptors (Lipinski definition) is 3. The largest absolute Gasteiger partial charge is 0.459 e. The molecule has 2 fully saturated rings. The molecule has 2 aliphatic carbocycles. The molecule has 0 aliphatic heterocycles. The van der Waals surface area contributed by atoms with Gasteiger partial charge in [-0.3, -0.25) is 0 Å². The molecule has 2 saturated carbocycles. The van der Waals surface area contributed by atoms with Crippen molar-refractivity contribution in [3.63, 3.8) is 0 Å². The van der Waals surface area contributed by atoms with Gasteiger partial charge in [-0.1, -0.05) is 6.58 Å². The molecule has 4 unspecified atom stereocenters. The van der Waals surface area contributed by atoms with E-state index < -0.39 is 5.60 Å². The fourth-order valence-corrected chi connectivity index (χ4v) is 3.47. The molecule has 3 nitrogen and oxygen atoms in total. The number of esters is 1. The van der Waals surface area contributed by atoms with Crippen LogP contribution in [0.5, 0.6) is 0 Å². The minimum atomic E-state index is -0.608. The Morgan fingerprint density at radius 1 is 1.29 bits per heavy atom. The van der Waals surface area contributed by atoms with Crippen molar-refractivity contribution in [2.75, 3.05) is 0 Å². The molecule has 0 saturated heterocycles. The highest BCUT2D eigenvalue weighted by Gasteiger charge is 2.51. The summed E-state index contributed by atoms with van der Waals surface area (Å²) in [4.78, 5) is 11.5. The molecule has 0 amide bonds. The van der Waals surface area contributed by atoms with Gasteiger partial charge in [0.2, 0.25) is 0 Å². The van der Waals surface area contributed by atoms with Gasteiger partial charge in [-0.15, -0.1) is 0 Å². The van der Waals surface area contributed by atoms with Gasteiger partial charge < -0.3 is 9.84 Å². The summed E-state index contributed by atoms with van der Waals surface area (Å²) in [5.74, 6) is 1.01. The van der Waals surface area contributed by atoms with E-state index in [1.165, 1.54) is 0 Å². The van der Waals surface area contributed by atoms with Gasteiger partial charge in [0.1, 0.15) is 6.10 Å². The zero-order valence-electron chi connectivity index (χ0n) is 10.9. The minimum Gasteiger partial charge on any atom is -0.459 e. The van der Waals surface area contributed by atoms with Crippen LogP contribution in [0.25, 0.3) is 0 Å². The maximum atomic E-state index is 11.5. The van der Waals surface area contributed by atoms with E-state index in [-0.39, 0.29) is 12.1 Å². The monoisotopic (exact) mass is 238 g/mol. The molecule has 0 aromatic carbocycles. The van der Waals surface area contributed by atoms with Crippen molar-refractivity contribution in [3.05, 3.63) is 12.2 Å². The molecule has 0 heterocycles. The van der Waals surface area contributed by atoms with E-state index in [9.17, 15) is 9.90 Å². The standard InChI is InChI=1S/C14H22O3/c1-8(2)13(15)17-12-7-9-5-10(12)6-11(9)14(3,4)16/h9-12,16H,1,5-7H2,2-4H3. The molecule has 0 aromatic heterocycles. The number of rotatable bonds is 3. The van der Waals surface area contributed by atoms with E-state index in [1.54, 1.807) is 6.92 Å².